The second-order valence-electron chi connectivity index (χ2n) is 5.91. The van der Waals surface area contributed by atoms with Gasteiger partial charge in [-0.25, -0.2) is 9.78 Å². The van der Waals surface area contributed by atoms with Crippen molar-refractivity contribution in [3.63, 3.8) is 0 Å². The zero-order valence-corrected chi connectivity index (χ0v) is 13.6. The number of aromatic amines is 1. The third-order valence-electron chi connectivity index (χ3n) is 4.35. The maximum atomic E-state index is 11.2. The lowest BCUT2D eigenvalue weighted by Gasteiger charge is -2.26. The number of H-pyrrole nitrogens is 1. The van der Waals surface area contributed by atoms with Crippen molar-refractivity contribution in [1.29, 1.82) is 0 Å². The molecule has 0 aromatic carbocycles. The lowest BCUT2D eigenvalue weighted by molar-refractivity contribution is 0.0685. The van der Waals surface area contributed by atoms with Crippen LogP contribution >= 0.6 is 0 Å². The zero-order chi connectivity index (χ0) is 17.4. The van der Waals surface area contributed by atoms with E-state index in [2.05, 4.69) is 30.2 Å². The number of anilines is 1. The Labute approximate surface area is 142 Å². The van der Waals surface area contributed by atoms with E-state index >= 15 is 0 Å². The van der Waals surface area contributed by atoms with E-state index in [1.54, 1.807) is 17.6 Å². The molecule has 4 heterocycles. The van der Waals surface area contributed by atoms with Crippen LogP contribution in [-0.4, -0.2) is 60.0 Å². The fourth-order valence-corrected chi connectivity index (χ4v) is 3.17. The highest BCUT2D eigenvalue weighted by atomic mass is 16.5. The van der Waals surface area contributed by atoms with Crippen LogP contribution in [0.5, 0.6) is 5.75 Å². The molecule has 3 aromatic heterocycles. The van der Waals surface area contributed by atoms with Crippen molar-refractivity contribution in [3.8, 4) is 5.75 Å². The molecular formula is C15H17N7O3. The van der Waals surface area contributed by atoms with Crippen LogP contribution in [0.2, 0.25) is 0 Å². The first-order chi connectivity index (χ1) is 12.1. The largest absolute Gasteiger partial charge is 0.487 e. The molecule has 25 heavy (non-hydrogen) atoms. The molecule has 0 saturated carbocycles. The van der Waals surface area contributed by atoms with Gasteiger partial charge in [-0.15, -0.1) is 0 Å². The molecule has 1 aliphatic rings. The zero-order valence-electron chi connectivity index (χ0n) is 13.6. The van der Waals surface area contributed by atoms with Crippen LogP contribution in [0.25, 0.3) is 5.78 Å². The molecule has 0 radical (unpaired) electrons. The summed E-state index contributed by atoms with van der Waals surface area (Å²) in [4.78, 5) is 21.7. The number of rotatable bonds is 5. The summed E-state index contributed by atoms with van der Waals surface area (Å²) < 4.78 is 7.52. The van der Waals surface area contributed by atoms with E-state index in [0.717, 1.165) is 25.2 Å². The monoisotopic (exact) mass is 343 g/mol. The van der Waals surface area contributed by atoms with E-state index in [9.17, 15) is 9.90 Å². The normalized spacial score (nSPS) is 17.3. The molecule has 2 N–H and O–H groups in total. The van der Waals surface area contributed by atoms with Gasteiger partial charge >= 0.3 is 5.97 Å². The van der Waals surface area contributed by atoms with Crippen molar-refractivity contribution in [2.24, 2.45) is 0 Å². The number of aromatic carboxylic acids is 1. The molecule has 10 heteroatoms. The Hall–Kier alpha value is -3.17. The van der Waals surface area contributed by atoms with Gasteiger partial charge in [-0.1, -0.05) is 0 Å². The predicted octanol–water partition coefficient (Wildman–Crippen LogP) is 0.902. The SMILES string of the molecule is Cc1[nH]nc(C(=O)O)c1OC[C@H]1CCCN1c1ccnc2ncnn12. The number of carboxylic acids is 1. The lowest BCUT2D eigenvalue weighted by atomic mass is 10.2. The fourth-order valence-electron chi connectivity index (χ4n) is 3.17. The van der Waals surface area contributed by atoms with Crippen molar-refractivity contribution in [3.05, 3.63) is 30.0 Å². The van der Waals surface area contributed by atoms with Gasteiger partial charge in [0.15, 0.2) is 5.75 Å². The number of carbonyl (C=O) groups is 1. The summed E-state index contributed by atoms with van der Waals surface area (Å²) in [5.41, 5.74) is 0.508. The van der Waals surface area contributed by atoms with Gasteiger partial charge in [0.05, 0.1) is 11.7 Å². The second-order valence-corrected chi connectivity index (χ2v) is 5.91. The van der Waals surface area contributed by atoms with Crippen LogP contribution in [-0.2, 0) is 0 Å². The van der Waals surface area contributed by atoms with E-state index < -0.39 is 5.97 Å². The first kappa shape index (κ1) is 15.4. The van der Waals surface area contributed by atoms with Gasteiger partial charge in [0.25, 0.3) is 5.78 Å². The molecule has 3 aromatic rings. The standard InChI is InChI=1S/C15H17N7O3/c1-9-13(12(14(23)24)20-19-9)25-7-10-3-2-6-21(10)11-4-5-16-15-17-8-18-22(11)15/h4-5,8,10H,2-3,6-7H2,1H3,(H,19,20)(H,23,24)/t10-/m1/s1. The lowest BCUT2D eigenvalue weighted by Crippen LogP contribution is -2.35. The number of aryl methyl sites for hydroxylation is 1. The average Bonchev–Trinajstić information content (AvgIpc) is 3.31. The van der Waals surface area contributed by atoms with E-state index in [1.165, 1.54) is 6.33 Å². The summed E-state index contributed by atoms with van der Waals surface area (Å²) in [5, 5.41) is 19.9. The first-order valence-corrected chi connectivity index (χ1v) is 7.97. The summed E-state index contributed by atoms with van der Waals surface area (Å²) in [6.07, 6.45) is 5.14. The van der Waals surface area contributed by atoms with Gasteiger partial charge in [-0.05, 0) is 25.8 Å². The third-order valence-corrected chi connectivity index (χ3v) is 4.35. The second kappa shape index (κ2) is 6.04. The summed E-state index contributed by atoms with van der Waals surface area (Å²) in [6.45, 7) is 2.96. The van der Waals surface area contributed by atoms with Crippen LogP contribution in [0.4, 0.5) is 5.82 Å². The molecule has 4 rings (SSSR count). The summed E-state index contributed by atoms with van der Waals surface area (Å²) in [7, 11) is 0. The fraction of sp³-hybridized carbons (Fsp3) is 0.400. The molecule has 0 bridgehead atoms. The van der Waals surface area contributed by atoms with Crippen LogP contribution in [0.3, 0.4) is 0 Å². The molecule has 1 saturated heterocycles. The first-order valence-electron chi connectivity index (χ1n) is 7.97. The molecule has 1 aliphatic heterocycles. The number of fused-ring (bicyclic) bond motifs is 1. The molecule has 0 unspecified atom stereocenters. The van der Waals surface area contributed by atoms with Crippen molar-refractivity contribution in [1.82, 2.24) is 29.8 Å². The predicted molar refractivity (Wildman–Crippen MR) is 86.9 cm³/mol. The summed E-state index contributed by atoms with van der Waals surface area (Å²) in [6, 6.07) is 2.00. The highest BCUT2D eigenvalue weighted by Crippen LogP contribution is 2.27. The highest BCUT2D eigenvalue weighted by molar-refractivity contribution is 5.88. The number of ether oxygens (including phenoxy) is 1. The van der Waals surface area contributed by atoms with Crippen LogP contribution in [0.15, 0.2) is 18.6 Å². The maximum absolute atomic E-state index is 11.2. The Kier molecular flexibility index (Phi) is 3.71. The van der Waals surface area contributed by atoms with Crippen molar-refractivity contribution < 1.29 is 14.6 Å². The van der Waals surface area contributed by atoms with E-state index in [0.29, 0.717) is 23.8 Å². The molecule has 1 atom stereocenters. The molecule has 0 spiro atoms. The minimum Gasteiger partial charge on any atom is -0.487 e. The molecule has 10 nitrogen and oxygen atoms in total. The van der Waals surface area contributed by atoms with E-state index in [-0.39, 0.29) is 11.7 Å². The van der Waals surface area contributed by atoms with Crippen LogP contribution in [0, 0.1) is 6.92 Å². The summed E-state index contributed by atoms with van der Waals surface area (Å²) in [5.74, 6) is 0.625. The Morgan fingerprint density at radius 1 is 1.48 bits per heavy atom. The topological polar surface area (TPSA) is 122 Å². The Morgan fingerprint density at radius 2 is 2.36 bits per heavy atom. The van der Waals surface area contributed by atoms with Crippen molar-refractivity contribution in [2.45, 2.75) is 25.8 Å². The minimum atomic E-state index is -1.11. The Balaban J connectivity index is 1.56. The van der Waals surface area contributed by atoms with Gasteiger partial charge in [-0.2, -0.15) is 19.7 Å². The van der Waals surface area contributed by atoms with Gasteiger partial charge in [0, 0.05) is 12.7 Å². The van der Waals surface area contributed by atoms with Crippen LogP contribution < -0.4 is 9.64 Å². The number of nitrogens with zero attached hydrogens (tertiary/aromatic N) is 6. The average molecular weight is 343 g/mol. The van der Waals surface area contributed by atoms with Crippen molar-refractivity contribution in [2.75, 3.05) is 18.1 Å². The smallest absolute Gasteiger partial charge is 0.360 e. The van der Waals surface area contributed by atoms with E-state index in [4.69, 9.17) is 4.74 Å². The molecule has 130 valence electrons. The van der Waals surface area contributed by atoms with E-state index in [1.807, 2.05) is 6.07 Å². The van der Waals surface area contributed by atoms with Gasteiger partial charge in [0.2, 0.25) is 5.69 Å². The Bertz CT molecular complexity index is 919. The molecular weight excluding hydrogens is 326 g/mol. The van der Waals surface area contributed by atoms with Gasteiger partial charge in [0.1, 0.15) is 18.8 Å². The molecule has 0 amide bonds. The summed E-state index contributed by atoms with van der Waals surface area (Å²) >= 11 is 0. The molecule has 0 aliphatic carbocycles. The minimum absolute atomic E-state index is 0.0929. The quantitative estimate of drug-likeness (QED) is 0.701. The number of hydrogen-bond donors (Lipinski definition) is 2. The number of carboxylic acid groups (broad SMARTS) is 1. The Morgan fingerprint density at radius 3 is 3.20 bits per heavy atom. The number of hydrogen-bond acceptors (Lipinski definition) is 7. The van der Waals surface area contributed by atoms with Gasteiger partial charge in [-0.3, -0.25) is 5.10 Å². The maximum Gasteiger partial charge on any atom is 0.360 e. The van der Waals surface area contributed by atoms with Gasteiger partial charge < -0.3 is 14.7 Å². The number of aromatic nitrogens is 6. The number of nitrogens with one attached hydrogen (secondary N) is 1. The molecule has 1 fully saturated rings. The van der Waals surface area contributed by atoms with Crippen LogP contribution in [0.1, 0.15) is 29.0 Å². The highest BCUT2D eigenvalue weighted by Gasteiger charge is 2.29. The van der Waals surface area contributed by atoms with Crippen molar-refractivity contribution >= 4 is 17.6 Å². The third kappa shape index (κ3) is 2.65.